The predicted molar refractivity (Wildman–Crippen MR) is 54.8 cm³/mol. The van der Waals surface area contributed by atoms with Crippen LogP contribution in [-0.4, -0.2) is 36.2 Å². The van der Waals surface area contributed by atoms with E-state index in [0.717, 1.165) is 13.1 Å². The molecule has 4 nitrogen and oxygen atoms in total. The van der Waals surface area contributed by atoms with Gasteiger partial charge in [0.25, 0.3) is 0 Å². The van der Waals surface area contributed by atoms with Gasteiger partial charge in [-0.1, -0.05) is 6.92 Å². The minimum atomic E-state index is -0.511. The van der Waals surface area contributed by atoms with E-state index in [1.807, 2.05) is 20.8 Å². The molecule has 1 aliphatic heterocycles. The second-order valence-corrected chi connectivity index (χ2v) is 4.74. The van der Waals surface area contributed by atoms with Crippen molar-refractivity contribution in [1.29, 1.82) is 0 Å². The Labute approximate surface area is 85.1 Å². The molecule has 0 aromatic carbocycles. The van der Waals surface area contributed by atoms with Gasteiger partial charge in [0.2, 0.25) is 5.91 Å². The molecule has 0 aromatic rings. The van der Waals surface area contributed by atoms with E-state index in [0.29, 0.717) is 5.92 Å². The Kier molecular flexibility index (Phi) is 3.50. The average molecular weight is 200 g/mol. The maximum absolute atomic E-state index is 11.7. The van der Waals surface area contributed by atoms with Crippen LogP contribution in [0.3, 0.4) is 0 Å². The summed E-state index contributed by atoms with van der Waals surface area (Å²) in [5.74, 6) is 0.516. The number of carbonyl (C=O) groups is 1. The molecule has 0 radical (unpaired) electrons. The first kappa shape index (κ1) is 11.5. The SMILES string of the molecule is CC(C(=O)NC(C)(C)CO)C1CNC1. The van der Waals surface area contributed by atoms with Crippen molar-refractivity contribution >= 4 is 5.91 Å². The van der Waals surface area contributed by atoms with Crippen LogP contribution < -0.4 is 10.6 Å². The van der Waals surface area contributed by atoms with Crippen LogP contribution in [0.25, 0.3) is 0 Å². The maximum atomic E-state index is 11.7. The summed E-state index contributed by atoms with van der Waals surface area (Å²) in [5, 5.41) is 15.0. The number of nitrogens with one attached hydrogen (secondary N) is 2. The van der Waals surface area contributed by atoms with E-state index >= 15 is 0 Å². The second kappa shape index (κ2) is 4.28. The molecule has 0 spiro atoms. The smallest absolute Gasteiger partial charge is 0.223 e. The molecule has 1 unspecified atom stereocenters. The minimum absolute atomic E-state index is 0.0297. The molecule has 1 saturated heterocycles. The average Bonchev–Trinajstić information content (AvgIpc) is 2.00. The number of rotatable bonds is 4. The van der Waals surface area contributed by atoms with Gasteiger partial charge >= 0.3 is 0 Å². The molecule has 14 heavy (non-hydrogen) atoms. The molecule has 0 bridgehead atoms. The molecule has 1 amide bonds. The molecule has 1 aliphatic rings. The van der Waals surface area contributed by atoms with Gasteiger partial charge in [0.1, 0.15) is 0 Å². The lowest BCUT2D eigenvalue weighted by Gasteiger charge is -2.34. The number of aliphatic hydroxyl groups excluding tert-OH is 1. The molecule has 1 atom stereocenters. The second-order valence-electron chi connectivity index (χ2n) is 4.74. The molecule has 3 N–H and O–H groups in total. The molecule has 82 valence electrons. The number of aliphatic hydroxyl groups is 1. The first-order valence-corrected chi connectivity index (χ1v) is 5.10. The topological polar surface area (TPSA) is 61.4 Å². The van der Waals surface area contributed by atoms with Crippen LogP contribution in [0.2, 0.25) is 0 Å². The molecule has 1 fully saturated rings. The molecule has 0 saturated carbocycles. The van der Waals surface area contributed by atoms with Crippen LogP contribution >= 0.6 is 0 Å². The number of hydrogen-bond acceptors (Lipinski definition) is 3. The molecule has 1 rings (SSSR count). The van der Waals surface area contributed by atoms with Gasteiger partial charge in [-0.2, -0.15) is 0 Å². The number of carbonyl (C=O) groups excluding carboxylic acids is 1. The third kappa shape index (κ3) is 2.69. The third-order valence-corrected chi connectivity index (χ3v) is 2.79. The monoisotopic (exact) mass is 200 g/mol. The quantitative estimate of drug-likeness (QED) is 0.585. The van der Waals surface area contributed by atoms with Gasteiger partial charge in [0.15, 0.2) is 0 Å². The van der Waals surface area contributed by atoms with Gasteiger partial charge in [0, 0.05) is 5.92 Å². The van der Waals surface area contributed by atoms with Gasteiger partial charge in [-0.15, -0.1) is 0 Å². The molecule has 4 heteroatoms. The van der Waals surface area contributed by atoms with Crippen LogP contribution in [-0.2, 0) is 4.79 Å². The van der Waals surface area contributed by atoms with Crippen molar-refractivity contribution in [1.82, 2.24) is 10.6 Å². The highest BCUT2D eigenvalue weighted by atomic mass is 16.3. The number of hydrogen-bond donors (Lipinski definition) is 3. The lowest BCUT2D eigenvalue weighted by Crippen LogP contribution is -2.54. The highest BCUT2D eigenvalue weighted by Crippen LogP contribution is 2.16. The first-order valence-electron chi connectivity index (χ1n) is 5.10. The van der Waals surface area contributed by atoms with Crippen molar-refractivity contribution in [2.24, 2.45) is 11.8 Å². The van der Waals surface area contributed by atoms with Crippen molar-refractivity contribution in [3.63, 3.8) is 0 Å². The van der Waals surface area contributed by atoms with E-state index in [9.17, 15) is 4.79 Å². The standard InChI is InChI=1S/C10H20N2O2/c1-7(8-4-11-5-8)9(14)12-10(2,3)6-13/h7-8,11,13H,4-6H2,1-3H3,(H,12,14). The Morgan fingerprint density at radius 1 is 1.64 bits per heavy atom. The van der Waals surface area contributed by atoms with E-state index in [1.165, 1.54) is 0 Å². The largest absolute Gasteiger partial charge is 0.394 e. The maximum Gasteiger partial charge on any atom is 0.223 e. The van der Waals surface area contributed by atoms with Crippen molar-refractivity contribution in [2.45, 2.75) is 26.3 Å². The molecule has 0 aromatic heterocycles. The van der Waals surface area contributed by atoms with E-state index < -0.39 is 5.54 Å². The molecule has 0 aliphatic carbocycles. The van der Waals surface area contributed by atoms with Crippen LogP contribution in [0.4, 0.5) is 0 Å². The van der Waals surface area contributed by atoms with Crippen molar-refractivity contribution in [2.75, 3.05) is 19.7 Å². The highest BCUT2D eigenvalue weighted by molar-refractivity contribution is 5.79. The summed E-state index contributed by atoms with van der Waals surface area (Å²) in [6.45, 7) is 7.39. The lowest BCUT2D eigenvalue weighted by molar-refractivity contribution is -0.128. The van der Waals surface area contributed by atoms with E-state index in [1.54, 1.807) is 0 Å². The zero-order chi connectivity index (χ0) is 10.8. The highest BCUT2D eigenvalue weighted by Gasteiger charge is 2.31. The van der Waals surface area contributed by atoms with E-state index in [4.69, 9.17) is 5.11 Å². The van der Waals surface area contributed by atoms with Gasteiger partial charge in [0.05, 0.1) is 12.1 Å². The van der Waals surface area contributed by atoms with Crippen LogP contribution in [0.15, 0.2) is 0 Å². The third-order valence-electron chi connectivity index (χ3n) is 2.79. The Bertz CT molecular complexity index is 212. The fourth-order valence-corrected chi connectivity index (χ4v) is 1.37. The van der Waals surface area contributed by atoms with Gasteiger partial charge in [-0.05, 0) is 32.9 Å². The molecular formula is C10H20N2O2. The number of amides is 1. The van der Waals surface area contributed by atoms with Crippen molar-refractivity contribution in [3.05, 3.63) is 0 Å². The Balaban J connectivity index is 2.40. The summed E-state index contributed by atoms with van der Waals surface area (Å²) in [7, 11) is 0. The summed E-state index contributed by atoms with van der Waals surface area (Å²) in [4.78, 5) is 11.7. The normalized spacial score (nSPS) is 20.0. The van der Waals surface area contributed by atoms with Crippen LogP contribution in [0, 0.1) is 11.8 Å². The zero-order valence-corrected chi connectivity index (χ0v) is 9.13. The lowest BCUT2D eigenvalue weighted by atomic mass is 9.87. The zero-order valence-electron chi connectivity index (χ0n) is 9.13. The molecule has 1 heterocycles. The summed E-state index contributed by atoms with van der Waals surface area (Å²) in [6, 6.07) is 0. The van der Waals surface area contributed by atoms with Gasteiger partial charge in [-0.3, -0.25) is 4.79 Å². The summed E-state index contributed by atoms with van der Waals surface area (Å²) >= 11 is 0. The van der Waals surface area contributed by atoms with Gasteiger partial charge < -0.3 is 15.7 Å². The fraction of sp³-hybridized carbons (Fsp3) is 0.900. The van der Waals surface area contributed by atoms with Gasteiger partial charge in [-0.25, -0.2) is 0 Å². The summed E-state index contributed by atoms with van der Waals surface area (Å²) in [5.41, 5.74) is -0.511. The van der Waals surface area contributed by atoms with Crippen LogP contribution in [0.5, 0.6) is 0 Å². The van der Waals surface area contributed by atoms with E-state index in [-0.39, 0.29) is 18.4 Å². The summed E-state index contributed by atoms with van der Waals surface area (Å²) < 4.78 is 0. The van der Waals surface area contributed by atoms with Crippen molar-refractivity contribution < 1.29 is 9.90 Å². The Morgan fingerprint density at radius 2 is 2.21 bits per heavy atom. The predicted octanol–water partition coefficient (Wildman–Crippen LogP) is -0.271. The Morgan fingerprint density at radius 3 is 2.57 bits per heavy atom. The first-order chi connectivity index (χ1) is 6.46. The molecular weight excluding hydrogens is 180 g/mol. The van der Waals surface area contributed by atoms with E-state index in [2.05, 4.69) is 10.6 Å². The Hall–Kier alpha value is -0.610. The van der Waals surface area contributed by atoms with Crippen LogP contribution in [0.1, 0.15) is 20.8 Å². The minimum Gasteiger partial charge on any atom is -0.394 e. The fourth-order valence-electron chi connectivity index (χ4n) is 1.37. The van der Waals surface area contributed by atoms with Crippen molar-refractivity contribution in [3.8, 4) is 0 Å². The summed E-state index contributed by atoms with van der Waals surface area (Å²) in [6.07, 6.45) is 0.